The Morgan fingerprint density at radius 2 is 2.24 bits per heavy atom. The summed E-state index contributed by atoms with van der Waals surface area (Å²) in [5, 5.41) is 9.66. The Bertz CT molecular complexity index is 621. The van der Waals surface area contributed by atoms with Crippen LogP contribution in [0.5, 0.6) is 0 Å². The number of rotatable bonds is 4. The highest BCUT2D eigenvalue weighted by atomic mass is 32.2. The van der Waals surface area contributed by atoms with Gasteiger partial charge in [0.2, 0.25) is 10.0 Å². The molecule has 1 aromatic rings. The topological polar surface area (TPSA) is 92.4 Å². The minimum atomic E-state index is -3.85. The van der Waals surface area contributed by atoms with Crippen LogP contribution in [0.1, 0.15) is 32.6 Å². The molecule has 2 unspecified atom stereocenters. The molecule has 0 spiro atoms. The molecule has 118 valence electrons. The summed E-state index contributed by atoms with van der Waals surface area (Å²) in [6, 6.07) is 3.29. The maximum atomic E-state index is 13.2. The number of halogens is 1. The van der Waals surface area contributed by atoms with Crippen molar-refractivity contribution in [2.45, 2.75) is 43.0 Å². The van der Waals surface area contributed by atoms with Crippen molar-refractivity contribution >= 4 is 15.7 Å². The normalized spacial score (nSPS) is 26.7. The molecule has 2 atom stereocenters. The Labute approximate surface area is 124 Å². The van der Waals surface area contributed by atoms with Crippen LogP contribution in [0.4, 0.5) is 10.1 Å². The van der Waals surface area contributed by atoms with Gasteiger partial charge in [-0.2, -0.15) is 0 Å². The third-order valence-electron chi connectivity index (χ3n) is 4.02. The fourth-order valence-electron chi connectivity index (χ4n) is 2.96. The maximum absolute atomic E-state index is 13.2. The number of aliphatic hydroxyl groups is 1. The zero-order chi connectivity index (χ0) is 15.7. The predicted octanol–water partition coefficient (Wildman–Crippen LogP) is 1.63. The molecule has 4 N–H and O–H groups in total. The maximum Gasteiger partial charge on any atom is 0.241 e. The van der Waals surface area contributed by atoms with Crippen molar-refractivity contribution in [3.63, 3.8) is 0 Å². The van der Waals surface area contributed by atoms with Gasteiger partial charge in [-0.15, -0.1) is 0 Å². The van der Waals surface area contributed by atoms with Crippen molar-refractivity contribution in [2.75, 3.05) is 12.3 Å². The highest BCUT2D eigenvalue weighted by Crippen LogP contribution is 2.33. The molecule has 1 aliphatic rings. The van der Waals surface area contributed by atoms with E-state index in [1.165, 1.54) is 6.07 Å². The van der Waals surface area contributed by atoms with E-state index in [9.17, 15) is 17.9 Å². The van der Waals surface area contributed by atoms with E-state index in [0.29, 0.717) is 18.8 Å². The van der Waals surface area contributed by atoms with Crippen LogP contribution in [-0.2, 0) is 10.0 Å². The monoisotopic (exact) mass is 316 g/mol. The number of benzene rings is 1. The van der Waals surface area contributed by atoms with E-state index in [4.69, 9.17) is 5.73 Å². The van der Waals surface area contributed by atoms with E-state index < -0.39 is 21.4 Å². The van der Waals surface area contributed by atoms with Crippen molar-refractivity contribution in [3.8, 4) is 0 Å². The summed E-state index contributed by atoms with van der Waals surface area (Å²) in [4.78, 5) is -0.0903. The van der Waals surface area contributed by atoms with Gasteiger partial charge in [0.1, 0.15) is 5.82 Å². The van der Waals surface area contributed by atoms with Crippen molar-refractivity contribution < 1.29 is 17.9 Å². The zero-order valence-electron chi connectivity index (χ0n) is 12.0. The van der Waals surface area contributed by atoms with E-state index in [-0.39, 0.29) is 17.2 Å². The lowest BCUT2D eigenvalue weighted by Crippen LogP contribution is -2.53. The van der Waals surface area contributed by atoms with Crippen LogP contribution in [0.3, 0.4) is 0 Å². The molecular formula is C14H21FN2O3S. The second-order valence-corrected chi connectivity index (χ2v) is 7.61. The quantitative estimate of drug-likeness (QED) is 0.736. The van der Waals surface area contributed by atoms with E-state index in [1.54, 1.807) is 0 Å². The molecule has 7 heteroatoms. The van der Waals surface area contributed by atoms with Crippen LogP contribution >= 0.6 is 0 Å². The molecule has 0 radical (unpaired) electrons. The first-order valence-electron chi connectivity index (χ1n) is 6.98. The predicted molar refractivity (Wildman–Crippen MR) is 78.6 cm³/mol. The zero-order valence-corrected chi connectivity index (χ0v) is 12.8. The number of nitrogens with two attached hydrogens (primary N) is 1. The molecule has 0 saturated heterocycles. The summed E-state index contributed by atoms with van der Waals surface area (Å²) in [6.07, 6.45) is 3.05. The number of hydrogen-bond acceptors (Lipinski definition) is 4. The number of nitrogen functional groups attached to an aromatic ring is 1. The standard InChI is InChI=1S/C14H21FN2O3S/c1-10-3-2-6-14(8-10,9-18)17-21(19,20)11-4-5-12(15)13(16)7-11/h4-5,7,10,17-18H,2-3,6,8-9,16H2,1H3. The molecular weight excluding hydrogens is 295 g/mol. The summed E-state index contributed by atoms with van der Waals surface area (Å²) in [5.41, 5.74) is 4.36. The van der Waals surface area contributed by atoms with Gasteiger partial charge in [0.15, 0.2) is 0 Å². The van der Waals surface area contributed by atoms with Crippen LogP contribution in [-0.4, -0.2) is 25.7 Å². The Morgan fingerprint density at radius 3 is 2.81 bits per heavy atom. The van der Waals surface area contributed by atoms with Gasteiger partial charge in [-0.25, -0.2) is 17.5 Å². The molecule has 1 aromatic carbocycles. The molecule has 0 bridgehead atoms. The van der Waals surface area contributed by atoms with Gasteiger partial charge in [-0.3, -0.25) is 0 Å². The van der Waals surface area contributed by atoms with Crippen LogP contribution in [0, 0.1) is 11.7 Å². The Hall–Kier alpha value is -1.18. The summed E-state index contributed by atoms with van der Waals surface area (Å²) >= 11 is 0. The molecule has 2 rings (SSSR count). The fourth-order valence-corrected chi connectivity index (χ4v) is 4.43. The van der Waals surface area contributed by atoms with Crippen molar-refractivity contribution in [1.29, 1.82) is 0 Å². The van der Waals surface area contributed by atoms with Gasteiger partial charge in [0.05, 0.1) is 22.7 Å². The van der Waals surface area contributed by atoms with Gasteiger partial charge in [-0.05, 0) is 37.0 Å². The fraction of sp³-hybridized carbons (Fsp3) is 0.571. The first-order valence-corrected chi connectivity index (χ1v) is 8.46. The Morgan fingerprint density at radius 1 is 1.52 bits per heavy atom. The third-order valence-corrected chi connectivity index (χ3v) is 5.60. The van der Waals surface area contributed by atoms with Crippen molar-refractivity contribution in [1.82, 2.24) is 4.72 Å². The number of anilines is 1. The number of aliphatic hydroxyl groups excluding tert-OH is 1. The molecule has 1 fully saturated rings. The summed E-state index contributed by atoms with van der Waals surface area (Å²) < 4.78 is 40.6. The number of sulfonamides is 1. The van der Waals surface area contributed by atoms with E-state index in [1.807, 2.05) is 6.92 Å². The van der Waals surface area contributed by atoms with Gasteiger partial charge in [-0.1, -0.05) is 19.8 Å². The second kappa shape index (κ2) is 5.90. The van der Waals surface area contributed by atoms with E-state index in [0.717, 1.165) is 25.0 Å². The minimum Gasteiger partial charge on any atom is -0.396 e. The molecule has 0 heterocycles. The van der Waals surface area contributed by atoms with Gasteiger partial charge in [0, 0.05) is 0 Å². The van der Waals surface area contributed by atoms with E-state index >= 15 is 0 Å². The summed E-state index contributed by atoms with van der Waals surface area (Å²) in [7, 11) is -3.85. The lowest BCUT2D eigenvalue weighted by molar-refractivity contribution is 0.120. The Balaban J connectivity index is 2.28. The smallest absolute Gasteiger partial charge is 0.241 e. The first kappa shape index (κ1) is 16.2. The number of hydrogen-bond donors (Lipinski definition) is 3. The molecule has 21 heavy (non-hydrogen) atoms. The van der Waals surface area contributed by atoms with Crippen molar-refractivity contribution in [3.05, 3.63) is 24.0 Å². The van der Waals surface area contributed by atoms with Crippen LogP contribution in [0.2, 0.25) is 0 Å². The molecule has 0 amide bonds. The Kier molecular flexibility index (Phi) is 4.55. The van der Waals surface area contributed by atoms with E-state index in [2.05, 4.69) is 4.72 Å². The van der Waals surface area contributed by atoms with Gasteiger partial charge >= 0.3 is 0 Å². The largest absolute Gasteiger partial charge is 0.396 e. The van der Waals surface area contributed by atoms with Crippen molar-refractivity contribution in [2.24, 2.45) is 5.92 Å². The SMILES string of the molecule is CC1CCCC(CO)(NS(=O)(=O)c2ccc(F)c(N)c2)C1. The third kappa shape index (κ3) is 3.53. The van der Waals surface area contributed by atoms with Crippen LogP contribution in [0.15, 0.2) is 23.1 Å². The molecule has 5 nitrogen and oxygen atoms in total. The molecule has 0 aromatic heterocycles. The number of nitrogens with one attached hydrogen (secondary N) is 1. The van der Waals surface area contributed by atoms with Crippen LogP contribution in [0.25, 0.3) is 0 Å². The van der Waals surface area contributed by atoms with Crippen LogP contribution < -0.4 is 10.5 Å². The lowest BCUT2D eigenvalue weighted by Gasteiger charge is -2.39. The molecule has 1 aliphatic carbocycles. The molecule has 0 aliphatic heterocycles. The lowest BCUT2D eigenvalue weighted by atomic mass is 9.78. The highest BCUT2D eigenvalue weighted by molar-refractivity contribution is 7.89. The summed E-state index contributed by atoms with van der Waals surface area (Å²) in [5.74, 6) is -0.316. The second-order valence-electron chi connectivity index (χ2n) is 5.93. The van der Waals surface area contributed by atoms with Gasteiger partial charge in [0.25, 0.3) is 0 Å². The van der Waals surface area contributed by atoms with Gasteiger partial charge < -0.3 is 10.8 Å². The minimum absolute atomic E-state index is 0.0903. The average molecular weight is 316 g/mol. The molecule has 1 saturated carbocycles. The average Bonchev–Trinajstić information content (AvgIpc) is 2.41. The summed E-state index contributed by atoms with van der Waals surface area (Å²) in [6.45, 7) is 1.78. The first-order chi connectivity index (χ1) is 9.78. The highest BCUT2D eigenvalue weighted by Gasteiger charge is 2.38.